The molecule has 0 saturated carbocycles. The number of carbonyl (C=O) groups excluding carboxylic acids is 4. The summed E-state index contributed by atoms with van der Waals surface area (Å²) in [5, 5.41) is 8.55. The van der Waals surface area contributed by atoms with E-state index >= 15 is 0 Å². The van der Waals surface area contributed by atoms with Gasteiger partial charge in [0.15, 0.2) is 0 Å². The largest absolute Gasteiger partial charge is 0.494 e. The Kier molecular flexibility index (Phi) is 10.4. The lowest BCUT2D eigenvalue weighted by molar-refractivity contribution is -0.139. The third kappa shape index (κ3) is 8.50. The molecular weight excluding hydrogens is 536 g/mol. The lowest BCUT2D eigenvalue weighted by atomic mass is 10.2. The molecule has 212 valence electrons. The number of nitriles is 1. The maximum absolute atomic E-state index is 12.5. The summed E-state index contributed by atoms with van der Waals surface area (Å²) in [6.07, 6.45) is 8.50. The molecule has 4 rings (SSSR count). The van der Waals surface area contributed by atoms with Crippen LogP contribution in [0.5, 0.6) is 11.5 Å². The molecule has 0 radical (unpaired) electrons. The van der Waals surface area contributed by atoms with Crippen molar-refractivity contribution in [2.24, 2.45) is 0 Å². The lowest BCUT2D eigenvalue weighted by Crippen LogP contribution is -2.29. The Balaban J connectivity index is 1.19. The first-order valence-electron chi connectivity index (χ1n) is 13.3. The predicted octanol–water partition coefficient (Wildman–Crippen LogP) is 5.55. The highest BCUT2D eigenvalue weighted by atomic mass is 16.5. The topological polar surface area (TPSA) is 123 Å². The van der Waals surface area contributed by atoms with Crippen molar-refractivity contribution in [1.29, 1.82) is 5.26 Å². The monoisotopic (exact) mass is 564 g/mol. The van der Waals surface area contributed by atoms with Gasteiger partial charge in [-0.1, -0.05) is 24.3 Å². The van der Waals surface area contributed by atoms with E-state index < -0.39 is 23.8 Å². The fourth-order valence-electron chi connectivity index (χ4n) is 3.94. The predicted molar refractivity (Wildman–Crippen MR) is 154 cm³/mol. The Hall–Kier alpha value is -5.49. The number of hydrogen-bond donors (Lipinski definition) is 0. The third-order valence-electron chi connectivity index (χ3n) is 6.18. The number of benzene rings is 3. The molecule has 3 aromatic rings. The number of anilines is 1. The highest BCUT2D eigenvalue weighted by Gasteiger charge is 2.24. The number of amides is 2. The van der Waals surface area contributed by atoms with E-state index in [1.807, 2.05) is 0 Å². The molecule has 0 spiro atoms. The van der Waals surface area contributed by atoms with Gasteiger partial charge >= 0.3 is 11.9 Å². The Morgan fingerprint density at radius 3 is 2.14 bits per heavy atom. The average molecular weight is 565 g/mol. The first kappa shape index (κ1) is 29.5. The number of hydrogen-bond acceptors (Lipinski definition) is 8. The third-order valence-corrected chi connectivity index (χ3v) is 6.18. The van der Waals surface area contributed by atoms with Crippen molar-refractivity contribution in [3.63, 3.8) is 0 Å². The Morgan fingerprint density at radius 2 is 1.48 bits per heavy atom. The summed E-state index contributed by atoms with van der Waals surface area (Å²) in [6.45, 7) is 0.571. The first-order valence-corrected chi connectivity index (χ1v) is 13.3. The Labute approximate surface area is 243 Å². The zero-order valence-corrected chi connectivity index (χ0v) is 22.7. The van der Waals surface area contributed by atoms with Crippen LogP contribution in [0.4, 0.5) is 5.69 Å². The van der Waals surface area contributed by atoms with E-state index in [1.54, 1.807) is 78.9 Å². The summed E-state index contributed by atoms with van der Waals surface area (Å²) < 4.78 is 16.3. The zero-order chi connectivity index (χ0) is 29.7. The average Bonchev–Trinajstić information content (AvgIpc) is 3.35. The minimum Gasteiger partial charge on any atom is -0.494 e. The van der Waals surface area contributed by atoms with Crippen molar-refractivity contribution in [3.05, 3.63) is 108 Å². The molecule has 0 bridgehead atoms. The van der Waals surface area contributed by atoms with Gasteiger partial charge in [0.05, 0.1) is 23.9 Å². The molecule has 1 aliphatic heterocycles. The molecule has 1 aliphatic rings. The van der Waals surface area contributed by atoms with Gasteiger partial charge in [-0.3, -0.25) is 9.59 Å². The summed E-state index contributed by atoms with van der Waals surface area (Å²) in [4.78, 5) is 49.2. The van der Waals surface area contributed by atoms with E-state index in [0.717, 1.165) is 24.2 Å². The number of imide groups is 1. The lowest BCUT2D eigenvalue weighted by Gasteiger charge is -2.14. The quantitative estimate of drug-likeness (QED) is 0.0870. The molecule has 0 aliphatic carbocycles. The number of esters is 2. The minimum absolute atomic E-state index is 0.0228. The summed E-state index contributed by atoms with van der Waals surface area (Å²) in [5.41, 5.74) is 2.23. The Bertz CT molecular complexity index is 1500. The maximum Gasteiger partial charge on any atom is 0.343 e. The number of carbonyl (C=O) groups is 4. The standard InChI is InChI=1S/C33H28N2O7/c34-21-3-1-2-4-22-40-28-16-10-26(11-17-28)33(39)42-29-14-7-24(8-15-29)9-20-32(38)41-23-25-5-12-27(13-6-25)35-30(36)18-19-31(35)37/h5-20H,1-4,22-23H2/b20-9+. The maximum atomic E-state index is 12.5. The normalized spacial score (nSPS) is 12.4. The van der Waals surface area contributed by atoms with Crippen LogP contribution in [0.1, 0.15) is 47.2 Å². The van der Waals surface area contributed by atoms with Gasteiger partial charge in [0.2, 0.25) is 0 Å². The van der Waals surface area contributed by atoms with Crippen LogP contribution in [0, 0.1) is 11.3 Å². The van der Waals surface area contributed by atoms with Crippen molar-refractivity contribution < 1.29 is 33.4 Å². The molecular formula is C33H28N2O7. The molecule has 42 heavy (non-hydrogen) atoms. The van der Waals surface area contributed by atoms with Crippen molar-refractivity contribution in [3.8, 4) is 17.6 Å². The second-order valence-corrected chi connectivity index (χ2v) is 9.25. The number of ether oxygens (including phenoxy) is 3. The smallest absolute Gasteiger partial charge is 0.343 e. The van der Waals surface area contributed by atoms with E-state index in [1.165, 1.54) is 18.2 Å². The highest BCUT2D eigenvalue weighted by Crippen LogP contribution is 2.20. The molecule has 2 amide bonds. The zero-order valence-electron chi connectivity index (χ0n) is 22.7. The van der Waals surface area contributed by atoms with Crippen molar-refractivity contribution in [1.82, 2.24) is 0 Å². The molecule has 9 heteroatoms. The first-order chi connectivity index (χ1) is 20.4. The highest BCUT2D eigenvalue weighted by molar-refractivity contribution is 6.28. The van der Waals surface area contributed by atoms with Crippen LogP contribution in [0.15, 0.2) is 91.0 Å². The van der Waals surface area contributed by atoms with E-state index in [0.29, 0.717) is 46.9 Å². The molecule has 9 nitrogen and oxygen atoms in total. The SMILES string of the molecule is N#CCCCCCOc1ccc(C(=O)Oc2ccc(/C=C/C(=O)OCc3ccc(N4C(=O)C=CC4=O)cc3)cc2)cc1. The van der Waals surface area contributed by atoms with Crippen LogP contribution in [0.25, 0.3) is 6.08 Å². The van der Waals surface area contributed by atoms with Crippen LogP contribution < -0.4 is 14.4 Å². The molecule has 1 heterocycles. The van der Waals surface area contributed by atoms with Crippen LogP contribution in [0.2, 0.25) is 0 Å². The van der Waals surface area contributed by atoms with Gasteiger partial charge < -0.3 is 14.2 Å². The molecule has 0 atom stereocenters. The van der Waals surface area contributed by atoms with Gasteiger partial charge in [-0.15, -0.1) is 0 Å². The van der Waals surface area contributed by atoms with E-state index in [4.69, 9.17) is 19.5 Å². The summed E-state index contributed by atoms with van der Waals surface area (Å²) in [6, 6.07) is 22.1. The van der Waals surface area contributed by atoms with Gasteiger partial charge in [-0.05, 0) is 85.0 Å². The Morgan fingerprint density at radius 1 is 0.810 bits per heavy atom. The molecule has 0 aromatic heterocycles. The fraction of sp³-hybridized carbons (Fsp3) is 0.182. The molecule has 0 N–H and O–H groups in total. The van der Waals surface area contributed by atoms with Crippen molar-refractivity contribution in [2.75, 3.05) is 11.5 Å². The summed E-state index contributed by atoms with van der Waals surface area (Å²) in [7, 11) is 0. The van der Waals surface area contributed by atoms with E-state index in [2.05, 4.69) is 6.07 Å². The number of unbranched alkanes of at least 4 members (excludes halogenated alkanes) is 3. The van der Waals surface area contributed by atoms with Crippen LogP contribution in [-0.2, 0) is 25.7 Å². The van der Waals surface area contributed by atoms with Gasteiger partial charge in [0.1, 0.15) is 18.1 Å². The minimum atomic E-state index is -0.546. The molecule has 0 unspecified atom stereocenters. The molecule has 0 fully saturated rings. The van der Waals surface area contributed by atoms with Gasteiger partial charge in [0.25, 0.3) is 11.8 Å². The van der Waals surface area contributed by atoms with E-state index in [9.17, 15) is 19.2 Å². The van der Waals surface area contributed by atoms with E-state index in [-0.39, 0.29) is 6.61 Å². The summed E-state index contributed by atoms with van der Waals surface area (Å²) in [5.74, 6) is -0.839. The van der Waals surface area contributed by atoms with Gasteiger partial charge in [0, 0.05) is 24.6 Å². The fourth-order valence-corrected chi connectivity index (χ4v) is 3.94. The summed E-state index contributed by atoms with van der Waals surface area (Å²) >= 11 is 0. The van der Waals surface area contributed by atoms with Gasteiger partial charge in [-0.2, -0.15) is 5.26 Å². The van der Waals surface area contributed by atoms with Crippen LogP contribution in [-0.4, -0.2) is 30.4 Å². The molecule has 0 saturated heterocycles. The van der Waals surface area contributed by atoms with Crippen LogP contribution in [0.3, 0.4) is 0 Å². The van der Waals surface area contributed by atoms with Crippen molar-refractivity contribution >= 4 is 35.5 Å². The van der Waals surface area contributed by atoms with Crippen LogP contribution >= 0.6 is 0 Å². The number of nitrogens with zero attached hydrogens (tertiary/aromatic N) is 2. The second kappa shape index (κ2) is 14.8. The van der Waals surface area contributed by atoms with Crippen molar-refractivity contribution in [2.45, 2.75) is 32.3 Å². The number of rotatable bonds is 13. The second-order valence-electron chi connectivity index (χ2n) is 9.25. The molecule has 3 aromatic carbocycles. The van der Waals surface area contributed by atoms with Gasteiger partial charge in [-0.25, -0.2) is 14.5 Å².